The van der Waals surface area contributed by atoms with E-state index in [1.807, 2.05) is 21.0 Å². The maximum absolute atomic E-state index is 13.4. The molecule has 0 bridgehead atoms. The molecule has 0 saturated heterocycles. The molecule has 5 nitrogen and oxygen atoms in total. The SMILES string of the molecule is CCC(C)[C@H](CC(=O)CCCN(C)C)C(=O)O[C@@H]1CC[C@@]2(C)[C@@H](CC[C@@H]3[C@@H]2CC[C@]2(C)[C@@H](C(C)=O)CC[C@@H]32)C1. The largest absolute Gasteiger partial charge is 0.462 e. The third kappa shape index (κ3) is 6.19. The van der Waals surface area contributed by atoms with Gasteiger partial charge in [0.15, 0.2) is 0 Å². The van der Waals surface area contributed by atoms with Crippen molar-refractivity contribution in [2.75, 3.05) is 20.6 Å². The minimum atomic E-state index is -0.321. The molecule has 0 N–H and O–H groups in total. The molecule has 0 radical (unpaired) electrons. The number of carbonyl (C=O) groups is 3. The molecule has 1 unspecified atom stereocenters. The van der Waals surface area contributed by atoms with E-state index < -0.39 is 0 Å². The normalized spacial score (nSPS) is 39.3. The Morgan fingerprint density at radius 2 is 1.64 bits per heavy atom. The molecule has 0 heterocycles. The number of hydrogen-bond donors (Lipinski definition) is 0. The van der Waals surface area contributed by atoms with Crippen LogP contribution in [0.1, 0.15) is 118 Å². The first kappa shape index (κ1) is 30.7. The Balaban J connectivity index is 1.36. The Morgan fingerprint density at radius 1 is 0.949 bits per heavy atom. The summed E-state index contributed by atoms with van der Waals surface area (Å²) in [7, 11) is 4.05. The van der Waals surface area contributed by atoms with Crippen LogP contribution < -0.4 is 0 Å². The molecule has 0 aromatic heterocycles. The van der Waals surface area contributed by atoms with Crippen LogP contribution in [0.15, 0.2) is 0 Å². The Bertz CT molecular complexity index is 900. The van der Waals surface area contributed by atoms with Crippen LogP contribution in [0.4, 0.5) is 0 Å². The average molecular weight is 544 g/mol. The van der Waals surface area contributed by atoms with Gasteiger partial charge in [-0.15, -0.1) is 0 Å². The van der Waals surface area contributed by atoms with E-state index in [9.17, 15) is 14.4 Å². The fourth-order valence-electron chi connectivity index (χ4n) is 9.99. The van der Waals surface area contributed by atoms with Crippen LogP contribution in [-0.2, 0) is 19.1 Å². The number of ether oxygens (including phenoxy) is 1. The molecule has 4 aliphatic rings. The molecule has 39 heavy (non-hydrogen) atoms. The highest BCUT2D eigenvalue weighted by Gasteiger charge is 2.61. The van der Waals surface area contributed by atoms with Gasteiger partial charge in [-0.3, -0.25) is 14.4 Å². The number of Topliss-reactive ketones (excluding diaryl/α,β-unsaturated/α-hetero) is 2. The molecular formula is C34H57NO4. The molecule has 4 rings (SSSR count). The Hall–Kier alpha value is -1.23. The maximum Gasteiger partial charge on any atom is 0.309 e. The first-order chi connectivity index (χ1) is 18.4. The summed E-state index contributed by atoms with van der Waals surface area (Å²) < 4.78 is 6.24. The highest BCUT2D eigenvalue weighted by molar-refractivity contribution is 5.84. The van der Waals surface area contributed by atoms with Crippen LogP contribution in [0.5, 0.6) is 0 Å². The number of ketones is 2. The van der Waals surface area contributed by atoms with Gasteiger partial charge in [-0.1, -0.05) is 34.1 Å². The minimum absolute atomic E-state index is 0.00930. The second kappa shape index (κ2) is 12.3. The molecule has 0 aromatic carbocycles. The van der Waals surface area contributed by atoms with Crippen LogP contribution in [-0.4, -0.2) is 49.2 Å². The van der Waals surface area contributed by atoms with E-state index in [2.05, 4.69) is 32.6 Å². The van der Waals surface area contributed by atoms with Crippen molar-refractivity contribution >= 4 is 17.5 Å². The van der Waals surface area contributed by atoms with Gasteiger partial charge in [0.2, 0.25) is 0 Å². The van der Waals surface area contributed by atoms with E-state index in [-0.39, 0.29) is 41.0 Å². The van der Waals surface area contributed by atoms with Crippen LogP contribution >= 0.6 is 0 Å². The van der Waals surface area contributed by atoms with E-state index in [0.29, 0.717) is 35.9 Å². The third-order valence-electron chi connectivity index (χ3n) is 12.5. The fraction of sp³-hybridized carbons (Fsp3) is 0.912. The lowest BCUT2D eigenvalue weighted by molar-refractivity contribution is -0.169. The number of carbonyl (C=O) groups excluding carboxylic acids is 3. The topological polar surface area (TPSA) is 63.7 Å². The summed E-state index contributed by atoms with van der Waals surface area (Å²) in [5, 5.41) is 0. The van der Waals surface area contributed by atoms with E-state index in [1.54, 1.807) is 0 Å². The number of nitrogens with zero attached hydrogens (tertiary/aromatic N) is 1. The van der Waals surface area contributed by atoms with E-state index in [1.165, 1.54) is 32.1 Å². The fourth-order valence-corrected chi connectivity index (χ4v) is 9.99. The van der Waals surface area contributed by atoms with E-state index >= 15 is 0 Å². The molecule has 0 aromatic rings. The highest BCUT2D eigenvalue weighted by atomic mass is 16.5. The lowest BCUT2D eigenvalue weighted by Crippen LogP contribution is -2.54. The van der Waals surface area contributed by atoms with Gasteiger partial charge in [-0.05, 0) is 132 Å². The van der Waals surface area contributed by atoms with Crippen molar-refractivity contribution < 1.29 is 19.1 Å². The van der Waals surface area contributed by atoms with Crippen molar-refractivity contribution in [1.29, 1.82) is 0 Å². The van der Waals surface area contributed by atoms with Gasteiger partial charge in [0.1, 0.15) is 17.7 Å². The van der Waals surface area contributed by atoms with Crippen molar-refractivity contribution in [3.63, 3.8) is 0 Å². The van der Waals surface area contributed by atoms with Gasteiger partial charge in [0, 0.05) is 18.8 Å². The van der Waals surface area contributed by atoms with Crippen LogP contribution in [0, 0.1) is 52.3 Å². The molecular weight excluding hydrogens is 486 g/mol. The second-order valence-corrected chi connectivity index (χ2v) is 14.9. The molecule has 5 heteroatoms. The zero-order valence-electron chi connectivity index (χ0n) is 26.1. The molecule has 0 spiro atoms. The number of fused-ring (bicyclic) bond motifs is 5. The van der Waals surface area contributed by atoms with Crippen molar-refractivity contribution in [3.05, 3.63) is 0 Å². The van der Waals surface area contributed by atoms with Gasteiger partial charge in [0.05, 0.1) is 5.92 Å². The van der Waals surface area contributed by atoms with Crippen molar-refractivity contribution in [1.82, 2.24) is 4.90 Å². The smallest absolute Gasteiger partial charge is 0.309 e. The number of esters is 1. The lowest BCUT2D eigenvalue weighted by Gasteiger charge is -2.61. The molecule has 4 fully saturated rings. The highest BCUT2D eigenvalue weighted by Crippen LogP contribution is 2.67. The molecule has 10 atom stereocenters. The molecule has 0 aliphatic heterocycles. The van der Waals surface area contributed by atoms with E-state index in [4.69, 9.17) is 4.74 Å². The van der Waals surface area contributed by atoms with Gasteiger partial charge >= 0.3 is 5.97 Å². The quantitative estimate of drug-likeness (QED) is 0.260. The summed E-state index contributed by atoms with van der Waals surface area (Å²) in [5.74, 6) is 3.36. The zero-order chi connectivity index (χ0) is 28.5. The number of hydrogen-bond acceptors (Lipinski definition) is 5. The first-order valence-corrected chi connectivity index (χ1v) is 16.3. The van der Waals surface area contributed by atoms with Gasteiger partial charge in [0.25, 0.3) is 0 Å². The van der Waals surface area contributed by atoms with Crippen LogP contribution in [0.3, 0.4) is 0 Å². The Kier molecular flexibility index (Phi) is 9.71. The summed E-state index contributed by atoms with van der Waals surface area (Å²) in [5.41, 5.74) is 0.526. The van der Waals surface area contributed by atoms with Gasteiger partial charge in [-0.2, -0.15) is 0 Å². The summed E-state index contributed by atoms with van der Waals surface area (Å²) in [6.07, 6.45) is 12.9. The Morgan fingerprint density at radius 3 is 2.31 bits per heavy atom. The molecule has 0 amide bonds. The monoisotopic (exact) mass is 543 g/mol. The standard InChI is InChI=1S/C34H57NO4/c1-8-22(2)28(21-25(37)10-9-19-35(6)7)32(38)39-26-15-17-33(4)24(20-26)11-12-27-30-14-13-29(23(3)36)34(30,5)18-16-31(27)33/h22,24,26-31H,8-21H2,1-7H3/t22?,24-,26+,27-,28-,29+,30-,31-,33-,34+/m0/s1. The van der Waals surface area contributed by atoms with Gasteiger partial charge < -0.3 is 9.64 Å². The molecule has 4 saturated carbocycles. The van der Waals surface area contributed by atoms with Crippen molar-refractivity contribution in [2.45, 2.75) is 124 Å². The van der Waals surface area contributed by atoms with Gasteiger partial charge in [-0.25, -0.2) is 0 Å². The summed E-state index contributed by atoms with van der Waals surface area (Å²) in [6, 6.07) is 0. The average Bonchev–Trinajstić information content (AvgIpc) is 3.24. The maximum atomic E-state index is 13.4. The first-order valence-electron chi connectivity index (χ1n) is 16.3. The molecule has 222 valence electrons. The molecule has 4 aliphatic carbocycles. The predicted octanol–water partition coefficient (Wildman–Crippen LogP) is 7.11. The lowest BCUT2D eigenvalue weighted by atomic mass is 9.44. The third-order valence-corrected chi connectivity index (χ3v) is 12.5. The van der Waals surface area contributed by atoms with Crippen LogP contribution in [0.2, 0.25) is 0 Å². The summed E-state index contributed by atoms with van der Waals surface area (Å²) >= 11 is 0. The predicted molar refractivity (Wildman–Crippen MR) is 156 cm³/mol. The van der Waals surface area contributed by atoms with Crippen molar-refractivity contribution in [3.8, 4) is 0 Å². The summed E-state index contributed by atoms with van der Waals surface area (Å²) in [4.78, 5) is 40.7. The van der Waals surface area contributed by atoms with Crippen LogP contribution in [0.25, 0.3) is 0 Å². The second-order valence-electron chi connectivity index (χ2n) is 14.9. The minimum Gasteiger partial charge on any atom is -0.462 e. The van der Waals surface area contributed by atoms with E-state index in [0.717, 1.165) is 56.9 Å². The number of rotatable bonds is 11. The summed E-state index contributed by atoms with van der Waals surface area (Å²) in [6.45, 7) is 11.9. The Labute approximate surface area is 238 Å². The van der Waals surface area contributed by atoms with Crippen molar-refractivity contribution in [2.24, 2.45) is 52.3 Å². The zero-order valence-corrected chi connectivity index (χ0v) is 26.1.